The number of hydrogen-bond donors (Lipinski definition) is 2. The van der Waals surface area contributed by atoms with Gasteiger partial charge in [0.2, 0.25) is 0 Å². The van der Waals surface area contributed by atoms with Crippen molar-refractivity contribution in [1.29, 1.82) is 0 Å². The second kappa shape index (κ2) is 7.56. The van der Waals surface area contributed by atoms with Gasteiger partial charge in [0.05, 0.1) is 10.6 Å². The number of rotatable bonds is 2. The van der Waals surface area contributed by atoms with E-state index in [4.69, 9.17) is 23.2 Å². The minimum atomic E-state index is -0.901. The van der Waals surface area contributed by atoms with Crippen LogP contribution in [0.25, 0.3) is 0 Å². The van der Waals surface area contributed by atoms with E-state index < -0.39 is 5.60 Å². The predicted molar refractivity (Wildman–Crippen MR) is 109 cm³/mol. The summed E-state index contributed by atoms with van der Waals surface area (Å²) in [5, 5.41) is 21.7. The molecule has 2 aromatic rings. The number of carbonyl (C=O) groups excluding carboxylic acids is 1. The highest BCUT2D eigenvalue weighted by Gasteiger charge is 2.42. The number of aromatic hydroxyl groups is 1. The van der Waals surface area contributed by atoms with Gasteiger partial charge in [-0.3, -0.25) is 9.69 Å². The van der Waals surface area contributed by atoms with Crippen molar-refractivity contribution in [3.63, 3.8) is 0 Å². The maximum absolute atomic E-state index is 12.9. The first-order valence-corrected chi connectivity index (χ1v) is 10.1. The van der Waals surface area contributed by atoms with Gasteiger partial charge in [-0.15, -0.1) is 0 Å². The first-order valence-electron chi connectivity index (χ1n) is 9.37. The van der Waals surface area contributed by atoms with Crippen molar-refractivity contribution in [2.75, 3.05) is 26.2 Å². The number of phenols is 1. The first-order chi connectivity index (χ1) is 13.4. The van der Waals surface area contributed by atoms with Gasteiger partial charge in [-0.05, 0) is 42.7 Å². The fraction of sp³-hybridized carbons (Fsp3) is 0.381. The zero-order valence-corrected chi connectivity index (χ0v) is 16.8. The van der Waals surface area contributed by atoms with Gasteiger partial charge in [-0.25, -0.2) is 0 Å². The number of halogens is 2. The van der Waals surface area contributed by atoms with Crippen LogP contribution in [-0.2, 0) is 5.60 Å². The predicted octanol–water partition coefficient (Wildman–Crippen LogP) is 3.51. The second-order valence-electron chi connectivity index (χ2n) is 7.59. The molecule has 0 unspecified atom stereocenters. The third kappa shape index (κ3) is 3.60. The standard InChI is InChI=1S/C21H22Cl2N2O3/c22-15-6-4-14(5-7-15)21(28)9-8-16-12-24(10-11-25(16)13-21)20(27)17-2-1-3-18(26)19(17)23/h1-7,16,26,28H,8-13H2/t16-,21+/m1/s1. The monoisotopic (exact) mass is 420 g/mol. The lowest BCUT2D eigenvalue weighted by Gasteiger charge is -2.49. The van der Waals surface area contributed by atoms with Crippen LogP contribution in [-0.4, -0.2) is 58.1 Å². The molecule has 0 saturated carbocycles. The number of fused-ring (bicyclic) bond motifs is 1. The topological polar surface area (TPSA) is 64.0 Å². The molecular weight excluding hydrogens is 399 g/mol. The first kappa shape index (κ1) is 19.5. The van der Waals surface area contributed by atoms with Crippen molar-refractivity contribution in [2.45, 2.75) is 24.5 Å². The van der Waals surface area contributed by atoms with Gasteiger partial charge in [0.15, 0.2) is 0 Å². The fourth-order valence-corrected chi connectivity index (χ4v) is 4.56. The van der Waals surface area contributed by atoms with E-state index in [0.29, 0.717) is 43.2 Å². The Morgan fingerprint density at radius 2 is 1.86 bits per heavy atom. The van der Waals surface area contributed by atoms with Crippen LogP contribution in [0.4, 0.5) is 0 Å². The van der Waals surface area contributed by atoms with Crippen LogP contribution >= 0.6 is 23.2 Å². The van der Waals surface area contributed by atoms with E-state index in [1.54, 1.807) is 29.2 Å². The lowest BCUT2D eigenvalue weighted by atomic mass is 9.82. The lowest BCUT2D eigenvalue weighted by molar-refractivity contribution is -0.0740. The summed E-state index contributed by atoms with van der Waals surface area (Å²) in [7, 11) is 0. The van der Waals surface area contributed by atoms with Crippen LogP contribution < -0.4 is 0 Å². The van der Waals surface area contributed by atoms with Crippen LogP contribution in [0.2, 0.25) is 10.0 Å². The Bertz CT molecular complexity index is 890. The van der Waals surface area contributed by atoms with E-state index in [1.807, 2.05) is 12.1 Å². The minimum Gasteiger partial charge on any atom is -0.506 e. The molecule has 2 fully saturated rings. The summed E-state index contributed by atoms with van der Waals surface area (Å²) < 4.78 is 0. The van der Waals surface area contributed by atoms with Crippen molar-refractivity contribution in [3.05, 3.63) is 63.6 Å². The second-order valence-corrected chi connectivity index (χ2v) is 8.41. The van der Waals surface area contributed by atoms with Crippen LogP contribution in [0.1, 0.15) is 28.8 Å². The summed E-state index contributed by atoms with van der Waals surface area (Å²) in [4.78, 5) is 16.9. The van der Waals surface area contributed by atoms with E-state index in [-0.39, 0.29) is 22.7 Å². The highest BCUT2D eigenvalue weighted by Crippen LogP contribution is 2.36. The highest BCUT2D eigenvalue weighted by molar-refractivity contribution is 6.35. The Hall–Kier alpha value is -1.79. The molecule has 2 N–H and O–H groups in total. The number of nitrogens with zero attached hydrogens (tertiary/aromatic N) is 2. The Labute approximate surface area is 174 Å². The number of piperazine rings is 1. The number of hydrogen-bond acceptors (Lipinski definition) is 4. The van der Waals surface area contributed by atoms with Crippen molar-refractivity contribution >= 4 is 29.1 Å². The Balaban J connectivity index is 1.46. The van der Waals surface area contributed by atoms with Crippen molar-refractivity contribution in [2.24, 2.45) is 0 Å². The minimum absolute atomic E-state index is 0.0863. The Morgan fingerprint density at radius 3 is 2.61 bits per heavy atom. The SMILES string of the molecule is O=C(c1cccc(O)c1Cl)N1CCN2C[C@](O)(c3ccc(Cl)cc3)CC[C@@H]2C1. The quantitative estimate of drug-likeness (QED) is 0.779. The number of carbonyl (C=O) groups is 1. The molecule has 2 aromatic carbocycles. The van der Waals surface area contributed by atoms with Gasteiger partial charge in [-0.1, -0.05) is 41.4 Å². The maximum Gasteiger partial charge on any atom is 0.255 e. The van der Waals surface area contributed by atoms with Gasteiger partial charge in [-0.2, -0.15) is 0 Å². The summed E-state index contributed by atoms with van der Waals surface area (Å²) in [6.07, 6.45) is 1.42. The van der Waals surface area contributed by atoms with Gasteiger partial charge in [0.1, 0.15) is 11.4 Å². The van der Waals surface area contributed by atoms with Crippen LogP contribution in [0.3, 0.4) is 0 Å². The molecule has 0 aromatic heterocycles. The summed E-state index contributed by atoms with van der Waals surface area (Å²) in [6.45, 7) is 2.36. The van der Waals surface area contributed by atoms with E-state index in [2.05, 4.69) is 4.90 Å². The normalized spacial score (nSPS) is 25.4. The molecule has 0 bridgehead atoms. The number of benzene rings is 2. The zero-order valence-electron chi connectivity index (χ0n) is 15.3. The van der Waals surface area contributed by atoms with Gasteiger partial charge in [0.25, 0.3) is 5.91 Å². The maximum atomic E-state index is 12.9. The third-order valence-corrected chi connectivity index (χ3v) is 6.49. The van der Waals surface area contributed by atoms with Crippen molar-refractivity contribution in [1.82, 2.24) is 9.80 Å². The van der Waals surface area contributed by atoms with E-state index >= 15 is 0 Å². The molecule has 2 aliphatic heterocycles. The molecule has 2 saturated heterocycles. The average molecular weight is 421 g/mol. The number of amides is 1. The number of phenolic OH excluding ortho intramolecular Hbond substituents is 1. The molecule has 0 radical (unpaired) electrons. The summed E-state index contributed by atoms with van der Waals surface area (Å²) in [5.41, 5.74) is 0.297. The highest BCUT2D eigenvalue weighted by atomic mass is 35.5. The van der Waals surface area contributed by atoms with Crippen molar-refractivity contribution in [3.8, 4) is 5.75 Å². The Kier molecular flexibility index (Phi) is 5.27. The lowest BCUT2D eigenvalue weighted by Crippen LogP contribution is -2.60. The molecule has 0 aliphatic carbocycles. The molecule has 2 atom stereocenters. The molecule has 0 spiro atoms. The number of piperidine rings is 1. The molecular formula is C21H22Cl2N2O3. The Morgan fingerprint density at radius 1 is 1.11 bits per heavy atom. The largest absolute Gasteiger partial charge is 0.506 e. The van der Waals surface area contributed by atoms with Gasteiger partial charge in [0, 0.05) is 37.2 Å². The molecule has 7 heteroatoms. The van der Waals surface area contributed by atoms with Gasteiger partial charge < -0.3 is 15.1 Å². The van der Waals surface area contributed by atoms with Crippen LogP contribution in [0.15, 0.2) is 42.5 Å². The van der Waals surface area contributed by atoms with Crippen molar-refractivity contribution < 1.29 is 15.0 Å². The zero-order chi connectivity index (χ0) is 19.9. The molecule has 5 nitrogen and oxygen atoms in total. The average Bonchev–Trinajstić information content (AvgIpc) is 2.69. The molecule has 148 valence electrons. The van der Waals surface area contributed by atoms with Gasteiger partial charge >= 0.3 is 0 Å². The van der Waals surface area contributed by atoms with Crippen LogP contribution in [0, 0.1) is 0 Å². The molecule has 2 aliphatic rings. The summed E-state index contributed by atoms with van der Waals surface area (Å²) in [6, 6.07) is 12.3. The summed E-state index contributed by atoms with van der Waals surface area (Å²) in [5.74, 6) is -0.254. The third-order valence-electron chi connectivity index (χ3n) is 5.84. The fourth-order valence-electron chi connectivity index (χ4n) is 4.23. The molecule has 28 heavy (non-hydrogen) atoms. The number of aliphatic hydroxyl groups is 1. The van der Waals surface area contributed by atoms with E-state index in [0.717, 1.165) is 12.0 Å². The van der Waals surface area contributed by atoms with E-state index in [9.17, 15) is 15.0 Å². The smallest absolute Gasteiger partial charge is 0.255 e. The van der Waals surface area contributed by atoms with E-state index in [1.165, 1.54) is 6.07 Å². The molecule has 1 amide bonds. The molecule has 4 rings (SSSR count). The molecule has 2 heterocycles. The summed E-state index contributed by atoms with van der Waals surface area (Å²) >= 11 is 12.1. The van der Waals surface area contributed by atoms with Crippen LogP contribution in [0.5, 0.6) is 5.75 Å².